The Hall–Kier alpha value is -1.82. The normalized spacial score (nSPS) is 20.5. The molecule has 0 saturated heterocycles. The Labute approximate surface area is 183 Å². The number of fused-ring (bicyclic) bond motifs is 1. The Morgan fingerprint density at radius 1 is 1.29 bits per heavy atom. The van der Waals surface area contributed by atoms with E-state index in [1.165, 1.54) is 12.4 Å². The van der Waals surface area contributed by atoms with E-state index in [1.807, 2.05) is 4.90 Å². The highest BCUT2D eigenvalue weighted by atomic mass is 35.5. The summed E-state index contributed by atoms with van der Waals surface area (Å²) in [4.78, 5) is 8.90. The number of nitrogens with zero attached hydrogens (tertiary/aromatic N) is 3. The van der Waals surface area contributed by atoms with Crippen LogP contribution >= 0.6 is 11.6 Å². The lowest BCUT2D eigenvalue weighted by Crippen LogP contribution is -2.47. The molecule has 0 spiro atoms. The average molecular weight is 479 g/mol. The molecule has 1 fully saturated rings. The second-order valence-corrected chi connectivity index (χ2v) is 10.1. The van der Waals surface area contributed by atoms with Gasteiger partial charge in [0.1, 0.15) is 0 Å². The van der Waals surface area contributed by atoms with Gasteiger partial charge in [0.25, 0.3) is 0 Å². The second-order valence-electron chi connectivity index (χ2n) is 7.73. The zero-order valence-electron chi connectivity index (χ0n) is 16.5. The van der Waals surface area contributed by atoms with Crippen molar-refractivity contribution < 1.29 is 26.3 Å². The Bertz CT molecular complexity index is 1010. The van der Waals surface area contributed by atoms with Crippen molar-refractivity contribution in [2.24, 2.45) is 0 Å². The standard InChI is InChI=1S/C19H22ClF3N4O3S/c20-14-1-4-18-13(7-14)9-26(31(28,29)19(21,22)23)11-16(5-6-30-17-2-3-17)27(18)10-15-8-24-12-25-15/h1,4,7-8,12,16-17H,2-3,5-6,9-11H2,(H,24,25). The largest absolute Gasteiger partial charge is 0.511 e. The molecule has 12 heteroatoms. The first-order chi connectivity index (χ1) is 14.6. The molecule has 1 aliphatic heterocycles. The molecule has 1 N–H and O–H groups in total. The molecule has 4 rings (SSSR count). The van der Waals surface area contributed by atoms with Gasteiger partial charge in [-0.15, -0.1) is 0 Å². The summed E-state index contributed by atoms with van der Waals surface area (Å²) in [6.07, 6.45) is 5.64. The number of benzene rings is 1. The molecule has 1 unspecified atom stereocenters. The number of ether oxygens (including phenoxy) is 1. The molecule has 0 amide bonds. The Morgan fingerprint density at radius 2 is 2.06 bits per heavy atom. The molecule has 2 heterocycles. The molecule has 2 aromatic rings. The minimum absolute atomic E-state index is 0.188. The van der Waals surface area contributed by atoms with Crippen LogP contribution in [0.25, 0.3) is 0 Å². The molecule has 1 aromatic carbocycles. The Balaban J connectivity index is 1.72. The molecule has 170 valence electrons. The predicted molar refractivity (Wildman–Crippen MR) is 109 cm³/mol. The van der Waals surface area contributed by atoms with Gasteiger partial charge in [-0.1, -0.05) is 11.6 Å². The van der Waals surface area contributed by atoms with Crippen LogP contribution in [0.4, 0.5) is 18.9 Å². The third-order valence-electron chi connectivity index (χ3n) is 5.41. The maximum Gasteiger partial charge on any atom is 0.511 e. The van der Waals surface area contributed by atoms with Crippen molar-refractivity contribution in [1.29, 1.82) is 0 Å². The fourth-order valence-electron chi connectivity index (χ4n) is 3.70. The molecule has 7 nitrogen and oxygen atoms in total. The van der Waals surface area contributed by atoms with E-state index in [-0.39, 0.29) is 12.6 Å². The summed E-state index contributed by atoms with van der Waals surface area (Å²) in [6, 6.07) is 4.33. The van der Waals surface area contributed by atoms with Gasteiger partial charge >= 0.3 is 15.5 Å². The molecular formula is C19H22ClF3N4O3S. The monoisotopic (exact) mass is 478 g/mol. The first-order valence-electron chi connectivity index (χ1n) is 9.85. The van der Waals surface area contributed by atoms with Crippen molar-refractivity contribution in [1.82, 2.24) is 14.3 Å². The number of aromatic amines is 1. The highest BCUT2D eigenvalue weighted by Crippen LogP contribution is 2.36. The fraction of sp³-hybridized carbons (Fsp3) is 0.526. The first kappa shape index (κ1) is 22.4. The van der Waals surface area contributed by atoms with Gasteiger partial charge < -0.3 is 14.6 Å². The quantitative estimate of drug-likeness (QED) is 0.657. The van der Waals surface area contributed by atoms with Crippen LogP contribution in [-0.2, 0) is 27.8 Å². The van der Waals surface area contributed by atoms with Gasteiger partial charge in [-0.05, 0) is 43.0 Å². The van der Waals surface area contributed by atoms with E-state index in [4.69, 9.17) is 16.3 Å². The summed E-state index contributed by atoms with van der Waals surface area (Å²) < 4.78 is 71.0. The third-order valence-corrected chi connectivity index (χ3v) is 7.19. The van der Waals surface area contributed by atoms with E-state index in [9.17, 15) is 21.6 Å². The Kier molecular flexibility index (Phi) is 6.21. The summed E-state index contributed by atoms with van der Waals surface area (Å²) in [5.41, 5.74) is -3.60. The number of imidazole rings is 1. The van der Waals surface area contributed by atoms with E-state index < -0.39 is 28.1 Å². The molecular weight excluding hydrogens is 457 g/mol. The average Bonchev–Trinajstić information content (AvgIpc) is 3.39. The second kappa shape index (κ2) is 8.61. The number of hydrogen-bond donors (Lipinski definition) is 1. The van der Waals surface area contributed by atoms with E-state index >= 15 is 0 Å². The minimum atomic E-state index is -5.52. The third kappa shape index (κ3) is 5.00. The topological polar surface area (TPSA) is 78.5 Å². The van der Waals surface area contributed by atoms with Crippen molar-refractivity contribution in [3.8, 4) is 0 Å². The SMILES string of the molecule is O=S(=O)(N1Cc2cc(Cl)ccc2N(Cc2cnc[nH]2)C(CCOC2CC2)C1)C(F)(F)F. The van der Waals surface area contributed by atoms with Gasteiger partial charge in [0.15, 0.2) is 0 Å². The van der Waals surface area contributed by atoms with Crippen LogP contribution in [0.1, 0.15) is 30.5 Å². The van der Waals surface area contributed by atoms with Gasteiger partial charge in [-0.25, -0.2) is 13.4 Å². The number of alkyl halides is 3. The van der Waals surface area contributed by atoms with E-state index in [2.05, 4.69) is 9.97 Å². The molecule has 1 aliphatic carbocycles. The van der Waals surface area contributed by atoms with Crippen LogP contribution in [0.2, 0.25) is 5.02 Å². The van der Waals surface area contributed by atoms with Gasteiger partial charge in [-0.3, -0.25) is 0 Å². The maximum absolute atomic E-state index is 13.4. The zero-order valence-corrected chi connectivity index (χ0v) is 18.1. The summed E-state index contributed by atoms with van der Waals surface area (Å²) >= 11 is 6.09. The lowest BCUT2D eigenvalue weighted by molar-refractivity contribution is -0.0492. The predicted octanol–water partition coefficient (Wildman–Crippen LogP) is 3.67. The summed E-state index contributed by atoms with van der Waals surface area (Å²) in [5, 5.41) is 0.320. The molecule has 31 heavy (non-hydrogen) atoms. The fourth-order valence-corrected chi connectivity index (χ4v) is 4.86. The van der Waals surface area contributed by atoms with Crippen molar-refractivity contribution in [2.45, 2.75) is 50.0 Å². The van der Waals surface area contributed by atoms with Gasteiger partial charge in [-0.2, -0.15) is 17.5 Å². The number of rotatable bonds is 7. The first-order valence-corrected chi connectivity index (χ1v) is 11.7. The van der Waals surface area contributed by atoms with Crippen LogP contribution in [-0.4, -0.2) is 53.5 Å². The van der Waals surface area contributed by atoms with Crippen molar-refractivity contribution in [2.75, 3.05) is 18.1 Å². The molecule has 0 bridgehead atoms. The number of anilines is 1. The van der Waals surface area contributed by atoms with Crippen LogP contribution in [0, 0.1) is 0 Å². The van der Waals surface area contributed by atoms with Crippen LogP contribution in [0.15, 0.2) is 30.7 Å². The summed E-state index contributed by atoms with van der Waals surface area (Å²) in [6.45, 7) is -0.0895. The smallest absolute Gasteiger partial charge is 0.378 e. The van der Waals surface area contributed by atoms with Crippen LogP contribution in [0.5, 0.6) is 0 Å². The van der Waals surface area contributed by atoms with E-state index in [0.29, 0.717) is 40.2 Å². The molecule has 1 saturated carbocycles. The number of halogens is 4. The number of hydrogen-bond acceptors (Lipinski definition) is 5. The maximum atomic E-state index is 13.4. The van der Waals surface area contributed by atoms with Crippen LogP contribution in [0.3, 0.4) is 0 Å². The molecule has 0 radical (unpaired) electrons. The lowest BCUT2D eigenvalue weighted by Gasteiger charge is -2.34. The molecule has 1 atom stereocenters. The molecule has 2 aliphatic rings. The molecule has 1 aromatic heterocycles. The van der Waals surface area contributed by atoms with Gasteiger partial charge in [0.05, 0.1) is 24.7 Å². The number of H-pyrrole nitrogens is 1. The van der Waals surface area contributed by atoms with Crippen LogP contribution < -0.4 is 4.90 Å². The van der Waals surface area contributed by atoms with Gasteiger partial charge in [0.2, 0.25) is 0 Å². The number of sulfonamides is 1. The van der Waals surface area contributed by atoms with Crippen molar-refractivity contribution in [3.63, 3.8) is 0 Å². The summed E-state index contributed by atoms with van der Waals surface area (Å²) in [5.74, 6) is 0. The number of aromatic nitrogens is 2. The summed E-state index contributed by atoms with van der Waals surface area (Å²) in [7, 11) is -5.52. The van der Waals surface area contributed by atoms with Crippen molar-refractivity contribution in [3.05, 3.63) is 47.0 Å². The Morgan fingerprint density at radius 3 is 2.71 bits per heavy atom. The number of nitrogens with one attached hydrogen (secondary N) is 1. The minimum Gasteiger partial charge on any atom is -0.378 e. The lowest BCUT2D eigenvalue weighted by atomic mass is 10.1. The highest BCUT2D eigenvalue weighted by molar-refractivity contribution is 7.89. The van der Waals surface area contributed by atoms with E-state index in [0.717, 1.165) is 18.5 Å². The van der Waals surface area contributed by atoms with E-state index in [1.54, 1.807) is 18.3 Å². The highest BCUT2D eigenvalue weighted by Gasteiger charge is 2.51. The van der Waals surface area contributed by atoms with Gasteiger partial charge in [0, 0.05) is 42.6 Å². The van der Waals surface area contributed by atoms with Crippen molar-refractivity contribution >= 4 is 27.3 Å². The zero-order chi connectivity index (χ0) is 22.2.